The van der Waals surface area contributed by atoms with Gasteiger partial charge in [0, 0.05) is 27.9 Å². The Morgan fingerprint density at radius 1 is 1.26 bits per heavy atom. The molecule has 0 aliphatic rings. The molecule has 3 aromatic rings. The maximum Gasteiger partial charge on any atom is 0.273 e. The van der Waals surface area contributed by atoms with Gasteiger partial charge in [0.15, 0.2) is 0 Å². The third-order valence-electron chi connectivity index (χ3n) is 3.66. The number of aromatic nitrogens is 1. The summed E-state index contributed by atoms with van der Waals surface area (Å²) in [5.41, 5.74) is 0.498. The number of fused-ring (bicyclic) bond motifs is 1. The molecule has 3 rings (SSSR count). The van der Waals surface area contributed by atoms with E-state index in [-0.39, 0.29) is 5.91 Å². The van der Waals surface area contributed by atoms with Crippen LogP contribution in [0.1, 0.15) is 20.2 Å². The normalized spacial score (nSPS) is 10.7. The van der Waals surface area contributed by atoms with Crippen LogP contribution in [0.25, 0.3) is 10.8 Å². The van der Waals surface area contributed by atoms with Crippen molar-refractivity contribution in [3.8, 4) is 0 Å². The number of carbonyl (C=O) groups excluding carboxylic acids is 1. The van der Waals surface area contributed by atoms with Gasteiger partial charge in [-0.25, -0.2) is 0 Å². The van der Waals surface area contributed by atoms with E-state index in [0.717, 1.165) is 15.6 Å². The molecule has 0 aliphatic heterocycles. The minimum atomic E-state index is -0.0623. The highest BCUT2D eigenvalue weighted by Gasteiger charge is 2.19. The molecular weight excluding hydrogens is 304 g/mol. The summed E-state index contributed by atoms with van der Waals surface area (Å²) in [6, 6.07) is 13.9. The first-order valence-corrected chi connectivity index (χ1v) is 8.30. The zero-order valence-corrected chi connectivity index (χ0v) is 13.8. The Kier molecular flexibility index (Phi) is 4.53. The second-order valence-electron chi connectivity index (χ2n) is 5.37. The molecule has 2 aromatic heterocycles. The van der Waals surface area contributed by atoms with Gasteiger partial charge in [-0.2, -0.15) is 0 Å². The fraction of sp³-hybridized carbons (Fsp3) is 0.158. The van der Waals surface area contributed by atoms with Crippen molar-refractivity contribution in [2.24, 2.45) is 0 Å². The molecule has 0 atom stereocenters. The number of aryl methyl sites for hydroxylation is 1. The van der Waals surface area contributed by atoms with E-state index in [4.69, 9.17) is 0 Å². The standard InChI is InChI=1S/C19H18N2OS/c1-3-12-21(13-16-9-8-14(2)23-16)19(22)18-17-7-5-4-6-15(17)10-11-20-18/h3-11H,1,12-13H2,2H3. The maximum atomic E-state index is 13.0. The fourth-order valence-corrected chi connectivity index (χ4v) is 3.48. The summed E-state index contributed by atoms with van der Waals surface area (Å²) in [6.07, 6.45) is 3.44. The van der Waals surface area contributed by atoms with Crippen LogP contribution in [0.2, 0.25) is 0 Å². The number of rotatable bonds is 5. The lowest BCUT2D eigenvalue weighted by Crippen LogP contribution is -2.31. The summed E-state index contributed by atoms with van der Waals surface area (Å²) in [4.78, 5) is 21.5. The highest BCUT2D eigenvalue weighted by molar-refractivity contribution is 7.11. The van der Waals surface area contributed by atoms with Crippen LogP contribution in [0.3, 0.4) is 0 Å². The molecule has 0 saturated carbocycles. The number of hydrogen-bond donors (Lipinski definition) is 0. The lowest BCUT2D eigenvalue weighted by Gasteiger charge is -2.20. The Balaban J connectivity index is 1.95. The van der Waals surface area contributed by atoms with Crippen LogP contribution in [0.4, 0.5) is 0 Å². The Bertz CT molecular complexity index is 848. The van der Waals surface area contributed by atoms with Crippen molar-refractivity contribution in [2.75, 3.05) is 6.54 Å². The molecule has 2 heterocycles. The molecule has 0 saturated heterocycles. The van der Waals surface area contributed by atoms with Gasteiger partial charge >= 0.3 is 0 Å². The van der Waals surface area contributed by atoms with Crippen LogP contribution >= 0.6 is 11.3 Å². The third kappa shape index (κ3) is 3.32. The summed E-state index contributed by atoms with van der Waals surface area (Å²) in [5, 5.41) is 1.91. The molecule has 1 aromatic carbocycles. The van der Waals surface area contributed by atoms with Crippen molar-refractivity contribution in [3.05, 3.63) is 76.8 Å². The van der Waals surface area contributed by atoms with Crippen molar-refractivity contribution < 1.29 is 4.79 Å². The lowest BCUT2D eigenvalue weighted by atomic mass is 10.1. The SMILES string of the molecule is C=CCN(Cc1ccc(C)s1)C(=O)c1nccc2ccccc12. The van der Waals surface area contributed by atoms with Crippen molar-refractivity contribution in [1.82, 2.24) is 9.88 Å². The van der Waals surface area contributed by atoms with Crippen molar-refractivity contribution >= 4 is 28.0 Å². The molecule has 0 bridgehead atoms. The Labute approximate surface area is 139 Å². The zero-order chi connectivity index (χ0) is 16.2. The molecular formula is C19H18N2OS. The Morgan fingerprint density at radius 3 is 2.83 bits per heavy atom. The van der Waals surface area contributed by atoms with Crippen LogP contribution in [-0.2, 0) is 6.54 Å². The summed E-state index contributed by atoms with van der Waals surface area (Å²) in [6.45, 7) is 6.92. The average molecular weight is 322 g/mol. The lowest BCUT2D eigenvalue weighted by molar-refractivity contribution is 0.0760. The van der Waals surface area contributed by atoms with Crippen molar-refractivity contribution in [1.29, 1.82) is 0 Å². The Morgan fingerprint density at radius 2 is 2.09 bits per heavy atom. The van der Waals surface area contributed by atoms with E-state index in [0.29, 0.717) is 18.8 Å². The molecule has 23 heavy (non-hydrogen) atoms. The number of carbonyl (C=O) groups is 1. The van der Waals surface area contributed by atoms with Crippen LogP contribution in [0.5, 0.6) is 0 Å². The van der Waals surface area contributed by atoms with Crippen LogP contribution in [0, 0.1) is 6.92 Å². The zero-order valence-electron chi connectivity index (χ0n) is 13.0. The molecule has 116 valence electrons. The number of pyridine rings is 1. The van der Waals surface area contributed by atoms with Gasteiger partial charge in [0.1, 0.15) is 5.69 Å². The third-order valence-corrected chi connectivity index (χ3v) is 4.64. The molecule has 0 N–H and O–H groups in total. The van der Waals surface area contributed by atoms with Gasteiger partial charge in [-0.3, -0.25) is 9.78 Å². The van der Waals surface area contributed by atoms with Crippen molar-refractivity contribution in [3.63, 3.8) is 0 Å². The number of amides is 1. The predicted octanol–water partition coefficient (Wildman–Crippen LogP) is 4.43. The van der Waals surface area contributed by atoms with Crippen molar-refractivity contribution in [2.45, 2.75) is 13.5 Å². The Hall–Kier alpha value is -2.46. The molecule has 0 fully saturated rings. The number of benzene rings is 1. The summed E-state index contributed by atoms with van der Waals surface area (Å²) >= 11 is 1.71. The quantitative estimate of drug-likeness (QED) is 0.651. The second kappa shape index (κ2) is 6.75. The molecule has 4 heteroatoms. The van der Waals surface area contributed by atoms with Gasteiger partial charge in [0.05, 0.1) is 6.54 Å². The topological polar surface area (TPSA) is 33.2 Å². The van der Waals surface area contributed by atoms with E-state index in [9.17, 15) is 4.79 Å². The minimum absolute atomic E-state index is 0.0623. The molecule has 0 aliphatic carbocycles. The maximum absolute atomic E-state index is 13.0. The van der Waals surface area contributed by atoms with Gasteiger partial charge in [0.25, 0.3) is 5.91 Å². The van der Waals surface area contributed by atoms with E-state index < -0.39 is 0 Å². The van der Waals surface area contributed by atoms with E-state index in [1.165, 1.54) is 4.88 Å². The first-order chi connectivity index (χ1) is 11.2. The molecule has 3 nitrogen and oxygen atoms in total. The number of thiophene rings is 1. The fourth-order valence-electron chi connectivity index (χ4n) is 2.57. The van der Waals surface area contributed by atoms with E-state index in [1.54, 1.807) is 28.5 Å². The van der Waals surface area contributed by atoms with E-state index >= 15 is 0 Å². The largest absolute Gasteiger partial charge is 0.328 e. The molecule has 0 unspecified atom stereocenters. The van der Waals surface area contributed by atoms with Gasteiger partial charge in [-0.05, 0) is 30.5 Å². The minimum Gasteiger partial charge on any atom is -0.328 e. The van der Waals surface area contributed by atoms with Gasteiger partial charge in [0.2, 0.25) is 0 Å². The monoisotopic (exact) mass is 322 g/mol. The van der Waals surface area contributed by atoms with E-state index in [2.05, 4.69) is 30.6 Å². The molecule has 1 amide bonds. The van der Waals surface area contributed by atoms with Crippen LogP contribution in [-0.4, -0.2) is 22.3 Å². The highest BCUT2D eigenvalue weighted by Crippen LogP contribution is 2.21. The average Bonchev–Trinajstić information content (AvgIpc) is 2.98. The molecule has 0 spiro atoms. The van der Waals surface area contributed by atoms with Gasteiger partial charge in [-0.1, -0.05) is 30.3 Å². The number of nitrogens with zero attached hydrogens (tertiary/aromatic N) is 2. The van der Waals surface area contributed by atoms with Crippen LogP contribution < -0.4 is 0 Å². The summed E-state index contributed by atoms with van der Waals surface area (Å²) in [7, 11) is 0. The summed E-state index contributed by atoms with van der Waals surface area (Å²) < 4.78 is 0. The molecule has 0 radical (unpaired) electrons. The second-order valence-corrected chi connectivity index (χ2v) is 6.74. The van der Waals surface area contributed by atoms with Gasteiger partial charge < -0.3 is 4.90 Å². The highest BCUT2D eigenvalue weighted by atomic mass is 32.1. The van der Waals surface area contributed by atoms with E-state index in [1.807, 2.05) is 30.3 Å². The van der Waals surface area contributed by atoms with Crippen LogP contribution in [0.15, 0.2) is 61.3 Å². The smallest absolute Gasteiger partial charge is 0.273 e. The first-order valence-electron chi connectivity index (χ1n) is 7.48. The predicted molar refractivity (Wildman–Crippen MR) is 95.7 cm³/mol. The van der Waals surface area contributed by atoms with Gasteiger partial charge in [-0.15, -0.1) is 17.9 Å². The number of hydrogen-bond acceptors (Lipinski definition) is 3. The summed E-state index contributed by atoms with van der Waals surface area (Å²) in [5.74, 6) is -0.0623. The first kappa shape index (κ1) is 15.4.